The summed E-state index contributed by atoms with van der Waals surface area (Å²) in [6, 6.07) is 7.29. The molecule has 7 rings (SSSR count). The van der Waals surface area contributed by atoms with Crippen LogP contribution in [0.15, 0.2) is 24.3 Å². The van der Waals surface area contributed by atoms with E-state index >= 15 is 0 Å². The second kappa shape index (κ2) is 11.6. The molecule has 3 aromatic rings. The minimum atomic E-state index is -0.994. The van der Waals surface area contributed by atoms with E-state index in [1.54, 1.807) is 13.2 Å². The predicted molar refractivity (Wildman–Crippen MR) is 164 cm³/mol. The molecule has 3 atom stereocenters. The fraction of sp³-hybridized carbons (Fsp3) is 0.471. The summed E-state index contributed by atoms with van der Waals surface area (Å²) >= 11 is 0. The predicted octanol–water partition coefficient (Wildman–Crippen LogP) is 5.07. The lowest BCUT2D eigenvalue weighted by atomic mass is 9.74. The van der Waals surface area contributed by atoms with Gasteiger partial charge in [-0.25, -0.2) is 0 Å². The van der Waals surface area contributed by atoms with Crippen molar-refractivity contribution < 1.29 is 39.0 Å². The molecule has 0 radical (unpaired) electrons. The summed E-state index contributed by atoms with van der Waals surface area (Å²) in [6.45, 7) is 3.27. The van der Waals surface area contributed by atoms with Gasteiger partial charge in [0, 0.05) is 46.0 Å². The van der Waals surface area contributed by atoms with Crippen LogP contribution in [0, 0.1) is 0 Å². The Kier molecular flexibility index (Phi) is 7.60. The van der Waals surface area contributed by atoms with Gasteiger partial charge in [0.2, 0.25) is 5.75 Å². The Hall–Kier alpha value is -3.86. The summed E-state index contributed by atoms with van der Waals surface area (Å²) in [7, 11) is 3.16. The molecule has 3 aromatic carbocycles. The van der Waals surface area contributed by atoms with Gasteiger partial charge in [-0.1, -0.05) is 6.92 Å². The van der Waals surface area contributed by atoms with Gasteiger partial charge in [-0.15, -0.1) is 0 Å². The molecule has 2 aliphatic heterocycles. The van der Waals surface area contributed by atoms with Gasteiger partial charge in [-0.05, 0) is 68.3 Å². The number of hydrogen-bond donors (Lipinski definition) is 5. The number of benzene rings is 3. The quantitative estimate of drug-likeness (QED) is 0.167. The zero-order valence-electron chi connectivity index (χ0n) is 25.4. The minimum absolute atomic E-state index is 0.0335. The van der Waals surface area contributed by atoms with Crippen molar-refractivity contribution in [2.24, 2.45) is 0 Å². The molecule has 0 spiro atoms. The number of anilines is 1. The number of phenolic OH excluding ortho intramolecular Hbond substituents is 1. The maximum absolute atomic E-state index is 12.1. The molecule has 234 valence electrons. The number of rotatable bonds is 9. The van der Waals surface area contributed by atoms with Crippen LogP contribution in [0.3, 0.4) is 0 Å². The minimum Gasteiger partial charge on any atom is -0.502 e. The van der Waals surface area contributed by atoms with Crippen molar-refractivity contribution in [3.8, 4) is 45.6 Å². The lowest BCUT2D eigenvalue weighted by Crippen LogP contribution is -2.29. The molecule has 10 heteroatoms. The van der Waals surface area contributed by atoms with Gasteiger partial charge in [0.05, 0.1) is 38.6 Å². The second-order valence-electron chi connectivity index (χ2n) is 11.9. The normalized spacial score (nSPS) is 21.5. The Morgan fingerprint density at radius 3 is 2.41 bits per heavy atom. The molecule has 1 fully saturated rings. The third-order valence-corrected chi connectivity index (χ3v) is 9.48. The van der Waals surface area contributed by atoms with Crippen LogP contribution in [0.5, 0.6) is 34.5 Å². The first-order valence-corrected chi connectivity index (χ1v) is 15.5. The lowest BCUT2D eigenvalue weighted by Gasteiger charge is -2.39. The molecule has 0 saturated heterocycles. The Morgan fingerprint density at radius 2 is 1.66 bits per heavy atom. The van der Waals surface area contributed by atoms with Crippen molar-refractivity contribution in [2.45, 2.75) is 69.8 Å². The van der Waals surface area contributed by atoms with Gasteiger partial charge in [-0.2, -0.15) is 0 Å². The zero-order valence-corrected chi connectivity index (χ0v) is 25.4. The summed E-state index contributed by atoms with van der Waals surface area (Å²) in [5.74, 6) is 2.05. The number of nitrogens with one attached hydrogen (secondary N) is 2. The molecule has 0 aromatic heterocycles. The summed E-state index contributed by atoms with van der Waals surface area (Å²) < 4.78 is 30.0. The molecule has 0 unspecified atom stereocenters. The highest BCUT2D eigenvalue weighted by Crippen LogP contribution is 2.57. The van der Waals surface area contributed by atoms with Crippen LogP contribution in [-0.4, -0.2) is 55.5 Å². The Labute approximate surface area is 256 Å². The number of hydrogen-bond acceptors (Lipinski definition) is 10. The van der Waals surface area contributed by atoms with Gasteiger partial charge in [0.15, 0.2) is 17.7 Å². The molecule has 10 nitrogen and oxygen atoms in total. The maximum atomic E-state index is 12.1. The standard InChI is InChI=1S/C34H40N2O8/c1-4-35-16-43-25-14-23(40-2)19-9-10-20-28-22(36-34(39)31(25)30(19)28)13-24-29(20)32(37)21(15-42-24)17-11-26(41-3)33(38)27(12-17)44-18-7-5-6-8-18/h11-14,18,21,32,34-39H,4-10,15-16H2,1-3H3/t21-,32-,34-/m0/s1. The van der Waals surface area contributed by atoms with Crippen molar-refractivity contribution in [3.63, 3.8) is 0 Å². The Balaban J connectivity index is 1.32. The third kappa shape index (κ3) is 4.67. The molecule has 5 N–H and O–H groups in total. The average Bonchev–Trinajstić information content (AvgIpc) is 3.54. The van der Waals surface area contributed by atoms with E-state index in [1.165, 1.54) is 7.11 Å². The molecule has 0 amide bonds. The summed E-state index contributed by atoms with van der Waals surface area (Å²) in [4.78, 5) is 0. The largest absolute Gasteiger partial charge is 0.502 e. The van der Waals surface area contributed by atoms with Gasteiger partial charge in [-0.3, -0.25) is 5.32 Å². The highest BCUT2D eigenvalue weighted by Gasteiger charge is 2.41. The van der Waals surface area contributed by atoms with Gasteiger partial charge in [0.1, 0.15) is 24.0 Å². The van der Waals surface area contributed by atoms with Crippen LogP contribution in [0.1, 0.15) is 78.7 Å². The van der Waals surface area contributed by atoms with Crippen LogP contribution in [0.4, 0.5) is 5.69 Å². The van der Waals surface area contributed by atoms with E-state index in [0.29, 0.717) is 53.9 Å². The highest BCUT2D eigenvalue weighted by molar-refractivity contribution is 5.93. The molecular formula is C34H40N2O8. The third-order valence-electron chi connectivity index (χ3n) is 9.48. The summed E-state index contributed by atoms with van der Waals surface area (Å²) in [5.41, 5.74) is 6.69. The van der Waals surface area contributed by atoms with Crippen molar-refractivity contribution >= 4 is 5.69 Å². The second-order valence-corrected chi connectivity index (χ2v) is 11.9. The highest BCUT2D eigenvalue weighted by atomic mass is 16.5. The number of fused-ring (bicyclic) bond motifs is 2. The van der Waals surface area contributed by atoms with Crippen LogP contribution in [0.2, 0.25) is 0 Å². The summed E-state index contributed by atoms with van der Waals surface area (Å²) in [6.07, 6.45) is 3.59. The zero-order chi connectivity index (χ0) is 30.5. The SMILES string of the molecule is CCNCOc1cc(OC)c2c3c1[C@H](O)Nc1cc4c(c(c1-3)CC2)[C@@H](O)[C@H](c1cc(OC)c(O)c(OC2CCCC2)c1)CO4. The first-order valence-electron chi connectivity index (χ1n) is 15.5. The van der Waals surface area contributed by atoms with Crippen LogP contribution in [0.25, 0.3) is 11.1 Å². The van der Waals surface area contributed by atoms with Crippen molar-refractivity contribution in [1.82, 2.24) is 5.32 Å². The smallest absolute Gasteiger partial charge is 0.200 e. The number of aliphatic hydroxyl groups excluding tert-OH is 2. The van der Waals surface area contributed by atoms with E-state index < -0.39 is 18.2 Å². The maximum Gasteiger partial charge on any atom is 0.200 e. The van der Waals surface area contributed by atoms with Gasteiger partial charge in [0.25, 0.3) is 0 Å². The molecule has 2 aliphatic carbocycles. The first kappa shape index (κ1) is 28.9. The fourth-order valence-electron chi connectivity index (χ4n) is 7.33. The van der Waals surface area contributed by atoms with Crippen molar-refractivity contribution in [2.75, 3.05) is 39.4 Å². The van der Waals surface area contributed by atoms with E-state index in [1.807, 2.05) is 25.1 Å². The van der Waals surface area contributed by atoms with E-state index in [-0.39, 0.29) is 18.5 Å². The van der Waals surface area contributed by atoms with Gasteiger partial charge >= 0.3 is 0 Å². The van der Waals surface area contributed by atoms with Crippen molar-refractivity contribution in [1.29, 1.82) is 0 Å². The molecule has 2 heterocycles. The number of phenols is 1. The first-order chi connectivity index (χ1) is 21.4. The number of aliphatic hydroxyl groups is 2. The lowest BCUT2D eigenvalue weighted by molar-refractivity contribution is 0.0876. The number of ether oxygens (including phenoxy) is 5. The molecule has 1 saturated carbocycles. The van der Waals surface area contributed by atoms with E-state index in [0.717, 1.165) is 71.3 Å². The van der Waals surface area contributed by atoms with E-state index in [9.17, 15) is 15.3 Å². The van der Waals surface area contributed by atoms with Gasteiger partial charge < -0.3 is 44.3 Å². The fourth-order valence-corrected chi connectivity index (χ4v) is 7.33. The van der Waals surface area contributed by atoms with Crippen molar-refractivity contribution in [3.05, 3.63) is 52.1 Å². The molecule has 0 bridgehead atoms. The van der Waals surface area contributed by atoms with E-state index in [4.69, 9.17) is 23.7 Å². The monoisotopic (exact) mass is 604 g/mol. The van der Waals surface area contributed by atoms with Crippen LogP contribution >= 0.6 is 0 Å². The number of methoxy groups -OCH3 is 2. The van der Waals surface area contributed by atoms with Crippen LogP contribution < -0.4 is 34.3 Å². The molecule has 4 aliphatic rings. The summed E-state index contributed by atoms with van der Waals surface area (Å²) in [5, 5.41) is 40.7. The Bertz CT molecular complexity index is 1580. The van der Waals surface area contributed by atoms with E-state index in [2.05, 4.69) is 10.6 Å². The molecular weight excluding hydrogens is 564 g/mol. The number of aromatic hydroxyl groups is 1. The molecule has 44 heavy (non-hydrogen) atoms. The topological polar surface area (TPSA) is 131 Å². The average molecular weight is 605 g/mol. The Morgan fingerprint density at radius 1 is 0.909 bits per heavy atom. The van der Waals surface area contributed by atoms with Crippen LogP contribution in [-0.2, 0) is 12.8 Å².